The fourth-order valence-electron chi connectivity index (χ4n) is 2.06. The van der Waals surface area contributed by atoms with Crippen LogP contribution in [0.4, 0.5) is 0 Å². The highest BCUT2D eigenvalue weighted by molar-refractivity contribution is 5.04. The summed E-state index contributed by atoms with van der Waals surface area (Å²) in [6, 6.07) is 0.593. The lowest BCUT2D eigenvalue weighted by Gasteiger charge is -2.12. The van der Waals surface area contributed by atoms with Gasteiger partial charge >= 0.3 is 0 Å². The van der Waals surface area contributed by atoms with Crippen molar-refractivity contribution < 1.29 is 0 Å². The van der Waals surface area contributed by atoms with Crippen LogP contribution in [0.15, 0.2) is 0 Å². The topological polar surface area (TPSA) is 42.7 Å². The van der Waals surface area contributed by atoms with Crippen molar-refractivity contribution in [2.45, 2.75) is 51.5 Å². The van der Waals surface area contributed by atoms with Crippen LogP contribution in [0.1, 0.15) is 45.3 Å². The highest BCUT2D eigenvalue weighted by Crippen LogP contribution is 2.19. The SMILES string of the molecule is Cn1nc(C(C)(C)C)nc1CC1CCCN1. The van der Waals surface area contributed by atoms with Gasteiger partial charge in [0, 0.05) is 24.9 Å². The van der Waals surface area contributed by atoms with Crippen LogP contribution in [0, 0.1) is 0 Å². The first-order chi connectivity index (χ1) is 7.47. The normalized spacial score (nSPS) is 21.6. The number of hydrogen-bond acceptors (Lipinski definition) is 3. The second-order valence-electron chi connectivity index (χ2n) is 5.72. The molecule has 1 atom stereocenters. The molecule has 0 bridgehead atoms. The number of aryl methyl sites for hydroxylation is 1. The van der Waals surface area contributed by atoms with Gasteiger partial charge in [0.1, 0.15) is 5.82 Å². The highest BCUT2D eigenvalue weighted by Gasteiger charge is 2.23. The highest BCUT2D eigenvalue weighted by atomic mass is 15.3. The van der Waals surface area contributed by atoms with Crippen LogP contribution in [0.3, 0.4) is 0 Å². The molecule has 1 aromatic rings. The minimum absolute atomic E-state index is 0.0408. The zero-order valence-electron chi connectivity index (χ0n) is 10.7. The quantitative estimate of drug-likeness (QED) is 0.822. The van der Waals surface area contributed by atoms with E-state index in [4.69, 9.17) is 0 Å². The Bertz CT molecular complexity index is 356. The molecule has 16 heavy (non-hydrogen) atoms. The Morgan fingerprint density at radius 3 is 2.69 bits per heavy atom. The predicted molar refractivity (Wildman–Crippen MR) is 64.4 cm³/mol. The average Bonchev–Trinajstić information content (AvgIpc) is 2.76. The molecule has 1 aromatic heterocycles. The van der Waals surface area contributed by atoms with E-state index in [1.807, 2.05) is 11.7 Å². The molecule has 0 aliphatic carbocycles. The van der Waals surface area contributed by atoms with Crippen molar-refractivity contribution in [2.75, 3.05) is 6.54 Å². The summed E-state index contributed by atoms with van der Waals surface area (Å²) in [5, 5.41) is 8.00. The molecule has 0 aromatic carbocycles. The Morgan fingerprint density at radius 1 is 1.44 bits per heavy atom. The molecular weight excluding hydrogens is 200 g/mol. The Kier molecular flexibility index (Phi) is 3.02. The summed E-state index contributed by atoms with van der Waals surface area (Å²) in [5.41, 5.74) is 0.0408. The van der Waals surface area contributed by atoms with Gasteiger partial charge in [-0.3, -0.25) is 4.68 Å². The number of aromatic nitrogens is 3. The van der Waals surface area contributed by atoms with Gasteiger partial charge in [-0.15, -0.1) is 0 Å². The fourth-order valence-corrected chi connectivity index (χ4v) is 2.06. The fraction of sp³-hybridized carbons (Fsp3) is 0.833. The van der Waals surface area contributed by atoms with Gasteiger partial charge in [0.2, 0.25) is 0 Å². The van der Waals surface area contributed by atoms with Gasteiger partial charge in [0.15, 0.2) is 5.82 Å². The summed E-state index contributed by atoms with van der Waals surface area (Å²) in [7, 11) is 1.99. The molecule has 0 saturated carbocycles. The van der Waals surface area contributed by atoms with Crippen molar-refractivity contribution in [3.63, 3.8) is 0 Å². The standard InChI is InChI=1S/C12H22N4/c1-12(2,3)11-14-10(16(4)15-11)8-9-6-5-7-13-9/h9,13H,5-8H2,1-4H3. The smallest absolute Gasteiger partial charge is 0.156 e. The van der Waals surface area contributed by atoms with Crippen LogP contribution in [0.2, 0.25) is 0 Å². The maximum Gasteiger partial charge on any atom is 0.156 e. The second kappa shape index (κ2) is 4.17. The number of nitrogens with zero attached hydrogens (tertiary/aromatic N) is 3. The van der Waals surface area contributed by atoms with E-state index in [1.54, 1.807) is 0 Å². The zero-order valence-corrected chi connectivity index (χ0v) is 10.7. The Morgan fingerprint density at radius 2 is 2.19 bits per heavy atom. The molecule has 1 saturated heterocycles. The molecule has 4 heteroatoms. The van der Waals surface area contributed by atoms with Gasteiger partial charge in [-0.1, -0.05) is 20.8 Å². The first kappa shape index (κ1) is 11.6. The molecule has 1 aliphatic heterocycles. The molecule has 4 nitrogen and oxygen atoms in total. The van der Waals surface area contributed by atoms with E-state index in [0.717, 1.165) is 24.6 Å². The van der Waals surface area contributed by atoms with Crippen molar-refractivity contribution in [3.05, 3.63) is 11.6 Å². The van der Waals surface area contributed by atoms with Gasteiger partial charge in [0.05, 0.1) is 0 Å². The number of nitrogens with one attached hydrogen (secondary N) is 1. The van der Waals surface area contributed by atoms with E-state index < -0.39 is 0 Å². The van der Waals surface area contributed by atoms with E-state index in [2.05, 4.69) is 36.2 Å². The molecule has 1 unspecified atom stereocenters. The number of hydrogen-bond donors (Lipinski definition) is 1. The number of rotatable bonds is 2. The molecule has 0 spiro atoms. The maximum atomic E-state index is 4.66. The van der Waals surface area contributed by atoms with E-state index >= 15 is 0 Å². The third-order valence-electron chi connectivity index (χ3n) is 3.12. The predicted octanol–water partition coefficient (Wildman–Crippen LogP) is 1.41. The summed E-state index contributed by atoms with van der Waals surface area (Å²) >= 11 is 0. The van der Waals surface area contributed by atoms with Gasteiger partial charge < -0.3 is 5.32 Å². The summed E-state index contributed by atoms with van der Waals surface area (Å²) in [6.45, 7) is 7.61. The molecule has 0 amide bonds. The van der Waals surface area contributed by atoms with Crippen LogP contribution in [-0.2, 0) is 18.9 Å². The van der Waals surface area contributed by atoms with Crippen molar-refractivity contribution >= 4 is 0 Å². The first-order valence-electron chi connectivity index (χ1n) is 6.10. The van der Waals surface area contributed by atoms with Crippen molar-refractivity contribution in [3.8, 4) is 0 Å². The van der Waals surface area contributed by atoms with Crippen molar-refractivity contribution in [1.82, 2.24) is 20.1 Å². The lowest BCUT2D eigenvalue weighted by atomic mass is 9.96. The Labute approximate surface area is 97.5 Å². The molecule has 2 rings (SSSR count). The second-order valence-corrected chi connectivity index (χ2v) is 5.72. The van der Waals surface area contributed by atoms with Crippen LogP contribution in [0.5, 0.6) is 0 Å². The van der Waals surface area contributed by atoms with E-state index in [-0.39, 0.29) is 5.41 Å². The van der Waals surface area contributed by atoms with Crippen LogP contribution < -0.4 is 5.32 Å². The Hall–Kier alpha value is -0.900. The third kappa shape index (κ3) is 2.43. The average molecular weight is 222 g/mol. The van der Waals surface area contributed by atoms with Gasteiger partial charge in [-0.2, -0.15) is 5.10 Å². The zero-order chi connectivity index (χ0) is 11.8. The lowest BCUT2D eigenvalue weighted by Crippen LogP contribution is -2.25. The van der Waals surface area contributed by atoms with Gasteiger partial charge in [0.25, 0.3) is 0 Å². The van der Waals surface area contributed by atoms with Crippen molar-refractivity contribution in [2.24, 2.45) is 7.05 Å². The summed E-state index contributed by atoms with van der Waals surface area (Å²) in [4.78, 5) is 4.66. The Balaban J connectivity index is 2.12. The first-order valence-corrected chi connectivity index (χ1v) is 6.10. The molecular formula is C12H22N4. The van der Waals surface area contributed by atoms with Crippen LogP contribution in [0.25, 0.3) is 0 Å². The summed E-state index contributed by atoms with van der Waals surface area (Å²) < 4.78 is 1.93. The van der Waals surface area contributed by atoms with Crippen LogP contribution in [-0.4, -0.2) is 27.4 Å². The van der Waals surface area contributed by atoms with Crippen LogP contribution >= 0.6 is 0 Å². The van der Waals surface area contributed by atoms with E-state index in [1.165, 1.54) is 12.8 Å². The summed E-state index contributed by atoms with van der Waals surface area (Å²) in [5.74, 6) is 2.05. The van der Waals surface area contributed by atoms with E-state index in [9.17, 15) is 0 Å². The van der Waals surface area contributed by atoms with Gasteiger partial charge in [-0.05, 0) is 19.4 Å². The maximum absolute atomic E-state index is 4.66. The largest absolute Gasteiger partial charge is 0.314 e. The lowest BCUT2D eigenvalue weighted by molar-refractivity contribution is 0.538. The summed E-state index contributed by atoms with van der Waals surface area (Å²) in [6.07, 6.45) is 3.55. The van der Waals surface area contributed by atoms with E-state index in [0.29, 0.717) is 6.04 Å². The molecule has 1 aliphatic rings. The molecule has 1 fully saturated rings. The molecule has 1 N–H and O–H groups in total. The van der Waals surface area contributed by atoms with Crippen molar-refractivity contribution in [1.29, 1.82) is 0 Å². The molecule has 0 radical (unpaired) electrons. The monoisotopic (exact) mass is 222 g/mol. The minimum Gasteiger partial charge on any atom is -0.314 e. The minimum atomic E-state index is 0.0408. The molecule has 90 valence electrons. The third-order valence-corrected chi connectivity index (χ3v) is 3.12. The molecule has 2 heterocycles. The van der Waals surface area contributed by atoms with Gasteiger partial charge in [-0.25, -0.2) is 4.98 Å².